The van der Waals surface area contributed by atoms with Crippen LogP contribution >= 0.6 is 11.3 Å². The summed E-state index contributed by atoms with van der Waals surface area (Å²) in [6.07, 6.45) is 3.84. The molecule has 0 amide bonds. The lowest BCUT2D eigenvalue weighted by molar-refractivity contribution is 1.18. The molecule has 0 fully saturated rings. The monoisotopic (exact) mass is 1280 g/mol. The van der Waals surface area contributed by atoms with Gasteiger partial charge in [0.05, 0.1) is 67.9 Å². The smallest absolute Gasteiger partial charge is 0.0979 e. The van der Waals surface area contributed by atoms with Gasteiger partial charge in [-0.05, 0) is 134 Å². The molecular weight excluding hydrogens is 1220 g/mol. The van der Waals surface area contributed by atoms with E-state index in [0.29, 0.717) is 0 Å². The molecule has 0 radical (unpaired) electrons. The third-order valence-corrected chi connectivity index (χ3v) is 21.2. The molecule has 0 aliphatic carbocycles. The van der Waals surface area contributed by atoms with Crippen molar-refractivity contribution < 1.29 is 0 Å². The number of fused-ring (bicyclic) bond motifs is 21. The molecule has 0 aliphatic heterocycles. The number of hydrogen-bond acceptors (Lipinski definition) is 5. The highest BCUT2D eigenvalue weighted by molar-refractivity contribution is 7.26. The summed E-state index contributed by atoms with van der Waals surface area (Å²) in [7, 11) is 0. The quantitative estimate of drug-likeness (QED) is 0.149. The molecule has 0 saturated heterocycles. The summed E-state index contributed by atoms with van der Waals surface area (Å²) in [5.74, 6) is 0. The van der Waals surface area contributed by atoms with Crippen molar-refractivity contribution >= 4 is 140 Å². The van der Waals surface area contributed by atoms with E-state index in [1.165, 1.54) is 113 Å². The minimum atomic E-state index is 0.854. The Morgan fingerprint density at radius 2 is 0.596 bits per heavy atom. The van der Waals surface area contributed by atoms with Gasteiger partial charge in [-0.25, -0.2) is 9.97 Å². The molecule has 0 spiro atoms. The maximum absolute atomic E-state index is 5.30. The van der Waals surface area contributed by atoms with E-state index in [2.05, 4.69) is 337 Å². The van der Waals surface area contributed by atoms with E-state index < -0.39 is 0 Å². The fourth-order valence-electron chi connectivity index (χ4n) is 15.5. The van der Waals surface area contributed by atoms with Crippen LogP contribution in [-0.4, -0.2) is 29.1 Å². The van der Waals surface area contributed by atoms with E-state index in [1.54, 1.807) is 0 Å². The van der Waals surface area contributed by atoms with Crippen molar-refractivity contribution in [3.63, 3.8) is 0 Å². The van der Waals surface area contributed by atoms with Crippen LogP contribution in [0.3, 0.4) is 0 Å². The SMILES string of the molecule is c1cc(-c2cccc(-c3cccc4c3sc3ccccc34)c2)cc(-c2cnc3c4ccccc4c4ccccc4c3n2)c1.c1ccc(-n2c3ccccc3c3cc(-c4ccc5c(c4)c4ccccc4n5-c4cccc(-c5cnc6c7ccccc7c7ccccc7c6n5)c4)ccc32)cc1. The van der Waals surface area contributed by atoms with Crippen LogP contribution in [0.5, 0.6) is 0 Å². The van der Waals surface area contributed by atoms with Crippen LogP contribution < -0.4 is 0 Å². The molecule has 6 nitrogen and oxygen atoms in total. The van der Waals surface area contributed by atoms with Gasteiger partial charge in [0.25, 0.3) is 0 Å². The standard InChI is InChI=1S/C52H32N4.C40H24N2S/c1-2-14-36(15-3-1)55-47-23-10-8-19-40(47)44-30-33(25-27-49(44)55)34-26-28-50-45(31-34)41-20-9-11-24-48(41)56(50)37-16-12-13-35(29-37)46-32-53-51-42-21-6-4-17-38(42)39-18-5-7-22-43(39)52(51)54-46;1-3-17-33-30(14-1)31-15-2-4-18-34(31)39-38(33)41-24-36(42-39)28-13-8-11-26(23-28)25-10-7-12-27(22-25)29-19-9-20-35-32-16-5-6-21-37(32)43-40(29)35/h1-32H;1-24H. The van der Waals surface area contributed by atoms with Gasteiger partial charge in [-0.2, -0.15) is 0 Å². The first-order valence-corrected chi connectivity index (χ1v) is 34.4. The van der Waals surface area contributed by atoms with E-state index in [9.17, 15) is 0 Å². The third-order valence-electron chi connectivity index (χ3n) is 20.0. The first kappa shape index (κ1) is 56.4. The molecule has 0 N–H and O–H groups in total. The second-order valence-electron chi connectivity index (χ2n) is 25.6. The van der Waals surface area contributed by atoms with Crippen LogP contribution in [0.2, 0.25) is 0 Å². The number of para-hydroxylation sites is 3. The van der Waals surface area contributed by atoms with Crippen LogP contribution in [0.4, 0.5) is 0 Å². The average Bonchev–Trinajstić information content (AvgIpc) is 1.35. The number of aromatic nitrogens is 6. The number of rotatable bonds is 7. The molecule has 0 unspecified atom stereocenters. The first-order chi connectivity index (χ1) is 49.1. The van der Waals surface area contributed by atoms with E-state index in [-0.39, 0.29) is 0 Å². The van der Waals surface area contributed by atoms with Crippen molar-refractivity contribution in [1.29, 1.82) is 0 Å². The minimum Gasteiger partial charge on any atom is -0.309 e. The summed E-state index contributed by atoms with van der Waals surface area (Å²) in [5.41, 5.74) is 21.8. The Labute approximate surface area is 572 Å². The molecule has 16 aromatic carbocycles. The zero-order chi connectivity index (χ0) is 65.1. The lowest BCUT2D eigenvalue weighted by Gasteiger charge is -2.12. The van der Waals surface area contributed by atoms with Gasteiger partial charge in [-0.15, -0.1) is 11.3 Å². The van der Waals surface area contributed by atoms with Crippen LogP contribution in [0.1, 0.15) is 0 Å². The molecule has 5 heterocycles. The summed E-state index contributed by atoms with van der Waals surface area (Å²) in [6, 6.07) is 117. The Morgan fingerprint density at radius 1 is 0.222 bits per heavy atom. The molecule has 0 saturated carbocycles. The number of benzene rings is 16. The second-order valence-corrected chi connectivity index (χ2v) is 26.6. The van der Waals surface area contributed by atoms with Crippen LogP contribution in [0, 0.1) is 0 Å². The minimum absolute atomic E-state index is 0.854. The highest BCUT2D eigenvalue weighted by atomic mass is 32.1. The molecule has 0 atom stereocenters. The topological polar surface area (TPSA) is 61.4 Å². The summed E-state index contributed by atoms with van der Waals surface area (Å²) in [6.45, 7) is 0. The fraction of sp³-hybridized carbons (Fsp3) is 0. The van der Waals surface area contributed by atoms with E-state index in [1.807, 2.05) is 23.7 Å². The highest BCUT2D eigenvalue weighted by Gasteiger charge is 2.20. The fourth-order valence-corrected chi connectivity index (χ4v) is 16.7. The molecule has 0 bridgehead atoms. The maximum Gasteiger partial charge on any atom is 0.0979 e. The Balaban J connectivity index is 0.000000139. The Kier molecular flexibility index (Phi) is 13.0. The number of hydrogen-bond donors (Lipinski definition) is 0. The zero-order valence-electron chi connectivity index (χ0n) is 53.4. The summed E-state index contributed by atoms with van der Waals surface area (Å²) in [5, 5.41) is 16.9. The van der Waals surface area contributed by atoms with E-state index >= 15 is 0 Å². The van der Waals surface area contributed by atoms with E-state index in [0.717, 1.165) is 82.9 Å². The van der Waals surface area contributed by atoms with Gasteiger partial charge in [0.15, 0.2) is 0 Å². The average molecular weight is 1280 g/mol. The van der Waals surface area contributed by atoms with E-state index in [4.69, 9.17) is 19.9 Å². The largest absolute Gasteiger partial charge is 0.309 e. The van der Waals surface area contributed by atoms with Gasteiger partial charge in [0.1, 0.15) is 0 Å². The zero-order valence-corrected chi connectivity index (χ0v) is 54.2. The normalized spacial score (nSPS) is 11.8. The van der Waals surface area contributed by atoms with Gasteiger partial charge < -0.3 is 9.13 Å². The molecule has 0 aliphatic rings. The van der Waals surface area contributed by atoms with Crippen molar-refractivity contribution in [2.24, 2.45) is 0 Å². The molecule has 5 aromatic heterocycles. The summed E-state index contributed by atoms with van der Waals surface area (Å²) >= 11 is 1.87. The van der Waals surface area contributed by atoms with Crippen molar-refractivity contribution in [2.75, 3.05) is 0 Å². The predicted molar refractivity (Wildman–Crippen MR) is 418 cm³/mol. The van der Waals surface area contributed by atoms with Gasteiger partial charge in [0.2, 0.25) is 0 Å². The lowest BCUT2D eigenvalue weighted by atomic mass is 9.96. The molecule has 21 rings (SSSR count). The third kappa shape index (κ3) is 9.24. The van der Waals surface area contributed by atoms with Crippen molar-refractivity contribution in [3.05, 3.63) is 340 Å². The van der Waals surface area contributed by atoms with Gasteiger partial charge >= 0.3 is 0 Å². The first-order valence-electron chi connectivity index (χ1n) is 33.6. The molecule has 7 heteroatoms. The van der Waals surface area contributed by atoms with Crippen molar-refractivity contribution in [2.45, 2.75) is 0 Å². The molecule has 99 heavy (non-hydrogen) atoms. The van der Waals surface area contributed by atoms with Crippen LogP contribution in [0.25, 0.3) is 196 Å². The van der Waals surface area contributed by atoms with Crippen molar-refractivity contribution in [1.82, 2.24) is 29.1 Å². The summed E-state index contributed by atoms with van der Waals surface area (Å²) in [4.78, 5) is 20.5. The second kappa shape index (κ2) is 22.9. The lowest BCUT2D eigenvalue weighted by Crippen LogP contribution is -1.96. The number of thiophene rings is 1. The molecular formula is C92H56N6S. The molecule has 21 aromatic rings. The Bertz CT molecular complexity index is 6810. The Morgan fingerprint density at radius 3 is 1.15 bits per heavy atom. The van der Waals surface area contributed by atoms with Gasteiger partial charge in [-0.3, -0.25) is 9.97 Å². The highest BCUT2D eigenvalue weighted by Crippen LogP contribution is 2.44. The Hall–Kier alpha value is -12.9. The summed E-state index contributed by atoms with van der Waals surface area (Å²) < 4.78 is 7.41. The maximum atomic E-state index is 5.30. The van der Waals surface area contributed by atoms with Crippen LogP contribution in [0.15, 0.2) is 340 Å². The van der Waals surface area contributed by atoms with Crippen LogP contribution in [-0.2, 0) is 0 Å². The number of nitrogens with zero attached hydrogens (tertiary/aromatic N) is 6. The van der Waals surface area contributed by atoms with Crippen molar-refractivity contribution in [3.8, 4) is 67.3 Å². The molecule has 460 valence electrons. The predicted octanol–water partition coefficient (Wildman–Crippen LogP) is 24.8. The van der Waals surface area contributed by atoms with Gasteiger partial charge in [0, 0.05) is 85.8 Å². The van der Waals surface area contributed by atoms with Gasteiger partial charge in [-0.1, -0.05) is 249 Å².